The molecule has 2 fully saturated rings. The second kappa shape index (κ2) is 23.2. The van der Waals surface area contributed by atoms with Gasteiger partial charge in [-0.3, -0.25) is 9.59 Å². The zero-order chi connectivity index (χ0) is 38.8. The lowest BCUT2D eigenvalue weighted by Gasteiger charge is -2.16. The number of imidazole rings is 1. The number of hydrogen-bond acceptors (Lipinski definition) is 13. The SMILES string of the molecule is Nc1ncnc2c1nc(Sc1cc(Cl)cc(Cl)c1)n2CCCNC(=O)CCOCCOCCOCCOCCNC(=O)CCCC[C@H]1SC[C@@H]2NC(=O)N[C@@H]21. The molecule has 6 N–H and O–H groups in total. The van der Waals surface area contributed by atoms with Crippen molar-refractivity contribution < 1.29 is 33.3 Å². The van der Waals surface area contributed by atoms with E-state index < -0.39 is 0 Å². The number of nitrogen functional groups attached to an aromatic ring is 1. The number of nitrogens with two attached hydrogens (primary N) is 1. The van der Waals surface area contributed by atoms with Gasteiger partial charge in [0.1, 0.15) is 6.33 Å². The zero-order valence-corrected chi connectivity index (χ0v) is 33.7. The molecule has 2 aliphatic heterocycles. The van der Waals surface area contributed by atoms with E-state index in [0.29, 0.717) is 110 Å². The molecule has 2 aliphatic rings. The summed E-state index contributed by atoms with van der Waals surface area (Å²) in [4.78, 5) is 49.8. The molecule has 4 heterocycles. The number of hydrogen-bond donors (Lipinski definition) is 5. The Bertz CT molecular complexity index is 1690. The van der Waals surface area contributed by atoms with Gasteiger partial charge in [0, 0.05) is 58.4 Å². The van der Waals surface area contributed by atoms with E-state index in [0.717, 1.165) is 29.9 Å². The second-order valence-corrected chi connectivity index (χ2v) is 16.0. The fourth-order valence-corrected chi connectivity index (χ4v) is 9.22. The van der Waals surface area contributed by atoms with E-state index >= 15 is 0 Å². The molecule has 5 rings (SSSR count). The number of carbonyl (C=O) groups excluding carboxylic acids is 3. The average molecular weight is 843 g/mol. The molecule has 302 valence electrons. The number of aromatic nitrogens is 4. The number of urea groups is 1. The number of aryl methyl sites for hydroxylation is 1. The lowest BCUT2D eigenvalue weighted by atomic mass is 10.0. The highest BCUT2D eigenvalue weighted by Crippen LogP contribution is 2.35. The van der Waals surface area contributed by atoms with Crippen molar-refractivity contribution in [1.82, 2.24) is 40.8 Å². The van der Waals surface area contributed by atoms with Crippen LogP contribution in [0.2, 0.25) is 10.0 Å². The number of nitrogens with one attached hydrogen (secondary N) is 4. The van der Waals surface area contributed by atoms with Crippen LogP contribution >= 0.6 is 46.7 Å². The van der Waals surface area contributed by atoms with Gasteiger partial charge in [0.25, 0.3) is 0 Å². The molecule has 1 aromatic carbocycles. The number of anilines is 1. The number of thioether (sulfide) groups is 1. The summed E-state index contributed by atoms with van der Waals surface area (Å²) < 4.78 is 24.0. The van der Waals surface area contributed by atoms with E-state index in [-0.39, 0.29) is 48.8 Å². The second-order valence-electron chi connectivity index (χ2n) is 12.8. The molecule has 0 aliphatic carbocycles. The summed E-state index contributed by atoms with van der Waals surface area (Å²) in [5.41, 5.74) is 7.17. The van der Waals surface area contributed by atoms with Gasteiger partial charge in [-0.25, -0.2) is 19.7 Å². The van der Waals surface area contributed by atoms with Gasteiger partial charge in [0.05, 0.1) is 64.9 Å². The summed E-state index contributed by atoms with van der Waals surface area (Å²) in [6.45, 7) is 4.65. The number of halogens is 2. The normalized spacial score (nSPS) is 17.6. The molecular formula is C35H49Cl2N9O7S2. The molecule has 0 bridgehead atoms. The third-order valence-electron chi connectivity index (χ3n) is 8.69. The van der Waals surface area contributed by atoms with Crippen LogP contribution in [-0.2, 0) is 35.1 Å². The number of fused-ring (bicyclic) bond motifs is 2. The van der Waals surface area contributed by atoms with Crippen LogP contribution in [0.5, 0.6) is 0 Å². The maximum absolute atomic E-state index is 12.3. The van der Waals surface area contributed by atoms with Crippen molar-refractivity contribution in [2.24, 2.45) is 0 Å². The number of ether oxygens (including phenoxy) is 4. The summed E-state index contributed by atoms with van der Waals surface area (Å²) in [6.07, 6.45) is 5.55. The van der Waals surface area contributed by atoms with Crippen molar-refractivity contribution in [3.63, 3.8) is 0 Å². The van der Waals surface area contributed by atoms with Gasteiger partial charge in [0.2, 0.25) is 11.8 Å². The van der Waals surface area contributed by atoms with Crippen LogP contribution < -0.4 is 27.0 Å². The summed E-state index contributed by atoms with van der Waals surface area (Å²) in [7, 11) is 0. The van der Waals surface area contributed by atoms with E-state index in [2.05, 4.69) is 36.2 Å². The smallest absolute Gasteiger partial charge is 0.315 e. The topological polar surface area (TPSA) is 206 Å². The first-order chi connectivity index (χ1) is 26.8. The molecule has 2 aromatic heterocycles. The molecule has 16 nitrogen and oxygen atoms in total. The van der Waals surface area contributed by atoms with Gasteiger partial charge < -0.3 is 50.5 Å². The van der Waals surface area contributed by atoms with Gasteiger partial charge in [-0.2, -0.15) is 11.8 Å². The van der Waals surface area contributed by atoms with Crippen molar-refractivity contribution in [3.05, 3.63) is 34.6 Å². The average Bonchev–Trinajstić information content (AvgIpc) is 3.82. The maximum atomic E-state index is 12.3. The molecule has 0 saturated carbocycles. The van der Waals surface area contributed by atoms with Crippen LogP contribution in [0.1, 0.15) is 38.5 Å². The van der Waals surface area contributed by atoms with Gasteiger partial charge >= 0.3 is 6.03 Å². The summed E-state index contributed by atoms with van der Waals surface area (Å²) in [5, 5.41) is 13.9. The predicted octanol–water partition coefficient (Wildman–Crippen LogP) is 3.67. The van der Waals surface area contributed by atoms with Gasteiger partial charge in [-0.15, -0.1) is 0 Å². The Kier molecular flexibility index (Phi) is 18.2. The van der Waals surface area contributed by atoms with Crippen LogP contribution in [0.4, 0.5) is 10.6 Å². The number of unbranched alkanes of at least 4 members (excludes halogenated alkanes) is 1. The first-order valence-corrected chi connectivity index (χ1v) is 21.0. The van der Waals surface area contributed by atoms with E-state index in [4.69, 9.17) is 47.9 Å². The Morgan fingerprint density at radius 3 is 2.29 bits per heavy atom. The van der Waals surface area contributed by atoms with E-state index in [1.54, 1.807) is 18.2 Å². The number of benzene rings is 1. The van der Waals surface area contributed by atoms with Crippen molar-refractivity contribution in [2.75, 3.05) is 77.4 Å². The van der Waals surface area contributed by atoms with Crippen LogP contribution in [0.15, 0.2) is 34.6 Å². The van der Waals surface area contributed by atoms with Gasteiger partial charge in [-0.05, 0) is 37.5 Å². The summed E-state index contributed by atoms with van der Waals surface area (Å²) in [6, 6.07) is 5.65. The van der Waals surface area contributed by atoms with Crippen LogP contribution in [0, 0.1) is 0 Å². The number of amides is 4. The maximum Gasteiger partial charge on any atom is 0.315 e. The van der Waals surface area contributed by atoms with Gasteiger partial charge in [-0.1, -0.05) is 41.4 Å². The molecule has 2 saturated heterocycles. The van der Waals surface area contributed by atoms with E-state index in [9.17, 15) is 14.4 Å². The Morgan fingerprint density at radius 2 is 1.55 bits per heavy atom. The zero-order valence-electron chi connectivity index (χ0n) is 30.6. The standard InChI is InChI=1S/C35H49Cl2N9O7S2/c36-23-18-24(37)20-25(19-23)55-35-45-31-32(38)41-22-42-33(31)46(35)9-3-7-39-29(48)6-10-50-12-14-52-16-17-53-15-13-51-11-8-40-28(47)5-2-1-4-27-30-26(21-54-27)43-34(49)44-30/h18-20,22,26-27,30H,1-17,21H2,(H,39,48)(H,40,47)(H2,38,41,42)(H2,43,44,49)/t26-,27+,30-/m0/s1. The number of nitrogens with zero attached hydrogens (tertiary/aromatic N) is 4. The molecule has 0 spiro atoms. The van der Waals surface area contributed by atoms with Crippen molar-refractivity contribution in [2.45, 2.75) is 72.5 Å². The van der Waals surface area contributed by atoms with Crippen LogP contribution in [0.25, 0.3) is 11.2 Å². The Hall–Kier alpha value is -3.10. The first kappa shape index (κ1) is 43.0. The summed E-state index contributed by atoms with van der Waals surface area (Å²) >= 11 is 15.7. The quantitative estimate of drug-likeness (QED) is 0.0579. The lowest BCUT2D eigenvalue weighted by Crippen LogP contribution is -2.36. The van der Waals surface area contributed by atoms with E-state index in [1.165, 1.54) is 18.1 Å². The number of carbonyl (C=O) groups is 3. The van der Waals surface area contributed by atoms with Crippen molar-refractivity contribution in [1.29, 1.82) is 0 Å². The fraction of sp³-hybridized carbons (Fsp3) is 0.600. The highest BCUT2D eigenvalue weighted by molar-refractivity contribution is 8.00. The monoisotopic (exact) mass is 841 g/mol. The summed E-state index contributed by atoms with van der Waals surface area (Å²) in [5.74, 6) is 1.16. The molecule has 55 heavy (non-hydrogen) atoms. The minimum atomic E-state index is -0.104. The molecule has 4 amide bonds. The van der Waals surface area contributed by atoms with Crippen LogP contribution in [-0.4, -0.2) is 126 Å². The predicted molar refractivity (Wildman–Crippen MR) is 213 cm³/mol. The molecule has 3 atom stereocenters. The molecule has 0 radical (unpaired) electrons. The highest BCUT2D eigenvalue weighted by Gasteiger charge is 2.42. The third kappa shape index (κ3) is 14.4. The van der Waals surface area contributed by atoms with E-state index in [1.807, 2.05) is 16.3 Å². The van der Waals surface area contributed by atoms with Crippen LogP contribution in [0.3, 0.4) is 0 Å². The Morgan fingerprint density at radius 1 is 0.873 bits per heavy atom. The lowest BCUT2D eigenvalue weighted by molar-refractivity contribution is -0.122. The van der Waals surface area contributed by atoms with Crippen molar-refractivity contribution in [3.8, 4) is 0 Å². The molecule has 20 heteroatoms. The minimum absolute atomic E-state index is 0.0269. The third-order valence-corrected chi connectivity index (χ3v) is 11.6. The molecule has 0 unspecified atom stereocenters. The number of rotatable bonds is 26. The minimum Gasteiger partial charge on any atom is -0.382 e. The largest absolute Gasteiger partial charge is 0.382 e. The Balaban J connectivity index is 0.800. The molecular weight excluding hydrogens is 793 g/mol. The van der Waals surface area contributed by atoms with Gasteiger partial charge in [0.15, 0.2) is 22.1 Å². The fourth-order valence-electron chi connectivity index (χ4n) is 6.01. The first-order valence-electron chi connectivity index (χ1n) is 18.4. The van der Waals surface area contributed by atoms with Crippen molar-refractivity contribution >= 4 is 81.6 Å². The Labute approximate surface area is 338 Å². The highest BCUT2D eigenvalue weighted by atomic mass is 35.5. The molecule has 3 aromatic rings.